The molecule has 1 rings (SSSR count). The Balaban J connectivity index is 2.41. The fourth-order valence-electron chi connectivity index (χ4n) is 1.60. The van der Waals surface area contributed by atoms with Crippen LogP contribution >= 0.6 is 0 Å². The molecule has 0 aromatic carbocycles. The number of carboxylic acid groups (broad SMARTS) is 1. The van der Waals surface area contributed by atoms with Gasteiger partial charge in [0.2, 0.25) is 0 Å². The van der Waals surface area contributed by atoms with Crippen LogP contribution in [0.15, 0.2) is 12.4 Å². The SMILES string of the molecule is CC(CCNc1nccnc1C(N)=O)CCC(=O)O. The fourth-order valence-corrected chi connectivity index (χ4v) is 1.60. The molecule has 104 valence electrons. The first-order chi connectivity index (χ1) is 9.00. The van der Waals surface area contributed by atoms with Crippen LogP contribution in [0.3, 0.4) is 0 Å². The van der Waals surface area contributed by atoms with Gasteiger partial charge >= 0.3 is 5.97 Å². The number of hydrogen-bond acceptors (Lipinski definition) is 5. The highest BCUT2D eigenvalue weighted by Crippen LogP contribution is 2.12. The normalized spacial score (nSPS) is 11.8. The number of hydrogen-bond donors (Lipinski definition) is 3. The molecule has 0 saturated carbocycles. The van der Waals surface area contributed by atoms with Gasteiger partial charge in [0.1, 0.15) is 0 Å². The molecule has 0 bridgehead atoms. The van der Waals surface area contributed by atoms with Crippen molar-refractivity contribution in [2.45, 2.75) is 26.2 Å². The van der Waals surface area contributed by atoms with E-state index >= 15 is 0 Å². The van der Waals surface area contributed by atoms with E-state index in [0.29, 0.717) is 18.8 Å². The minimum Gasteiger partial charge on any atom is -0.481 e. The molecule has 1 unspecified atom stereocenters. The van der Waals surface area contributed by atoms with Crippen LogP contribution in [0.4, 0.5) is 5.82 Å². The first kappa shape index (κ1) is 14.9. The van der Waals surface area contributed by atoms with E-state index in [9.17, 15) is 9.59 Å². The molecule has 7 heteroatoms. The van der Waals surface area contributed by atoms with Crippen LogP contribution in [0.25, 0.3) is 0 Å². The lowest BCUT2D eigenvalue weighted by molar-refractivity contribution is -0.137. The summed E-state index contributed by atoms with van der Waals surface area (Å²) in [6.45, 7) is 2.57. The molecule has 1 aromatic rings. The molecule has 0 aliphatic heterocycles. The Morgan fingerprint density at radius 1 is 1.37 bits per heavy atom. The average molecular weight is 266 g/mol. The summed E-state index contributed by atoms with van der Waals surface area (Å²) in [6, 6.07) is 0. The van der Waals surface area contributed by atoms with Crippen molar-refractivity contribution < 1.29 is 14.7 Å². The van der Waals surface area contributed by atoms with Crippen molar-refractivity contribution >= 4 is 17.7 Å². The standard InChI is InChI=1S/C12H18N4O3/c1-8(2-3-9(17)18)4-5-15-12-10(11(13)19)14-6-7-16-12/h6-8H,2-5H2,1H3,(H2,13,19)(H,15,16)(H,17,18). The predicted molar refractivity (Wildman–Crippen MR) is 69.7 cm³/mol. The number of rotatable bonds is 8. The molecular weight excluding hydrogens is 248 g/mol. The number of anilines is 1. The highest BCUT2D eigenvalue weighted by Gasteiger charge is 2.11. The lowest BCUT2D eigenvalue weighted by Gasteiger charge is -2.12. The van der Waals surface area contributed by atoms with Gasteiger partial charge < -0.3 is 16.2 Å². The van der Waals surface area contributed by atoms with E-state index in [0.717, 1.165) is 6.42 Å². The van der Waals surface area contributed by atoms with Gasteiger partial charge in [-0.3, -0.25) is 9.59 Å². The molecular formula is C12H18N4O3. The number of nitrogens with zero attached hydrogens (tertiary/aromatic N) is 2. The molecule has 0 fully saturated rings. The topological polar surface area (TPSA) is 118 Å². The van der Waals surface area contributed by atoms with Gasteiger partial charge in [-0.15, -0.1) is 0 Å². The van der Waals surface area contributed by atoms with Crippen LogP contribution in [-0.2, 0) is 4.79 Å². The molecule has 0 spiro atoms. The average Bonchev–Trinajstić information content (AvgIpc) is 2.36. The van der Waals surface area contributed by atoms with Crippen molar-refractivity contribution in [1.82, 2.24) is 9.97 Å². The molecule has 1 amide bonds. The zero-order chi connectivity index (χ0) is 14.3. The second kappa shape index (κ2) is 7.30. The molecule has 19 heavy (non-hydrogen) atoms. The van der Waals surface area contributed by atoms with Gasteiger partial charge in [0.05, 0.1) is 0 Å². The molecule has 4 N–H and O–H groups in total. The summed E-state index contributed by atoms with van der Waals surface area (Å²) in [6.07, 6.45) is 4.45. The third-order valence-corrected chi connectivity index (χ3v) is 2.71. The Labute approximate surface area is 111 Å². The van der Waals surface area contributed by atoms with E-state index in [-0.39, 0.29) is 18.0 Å². The highest BCUT2D eigenvalue weighted by molar-refractivity contribution is 5.95. The Morgan fingerprint density at radius 2 is 2.05 bits per heavy atom. The molecule has 0 saturated heterocycles. The van der Waals surface area contributed by atoms with Crippen LogP contribution in [0.1, 0.15) is 36.7 Å². The number of aromatic nitrogens is 2. The van der Waals surface area contributed by atoms with Gasteiger partial charge in [0.25, 0.3) is 5.91 Å². The summed E-state index contributed by atoms with van der Waals surface area (Å²) in [5.41, 5.74) is 5.29. The number of carboxylic acids is 1. The number of amides is 1. The number of primary amides is 1. The van der Waals surface area contributed by atoms with Crippen LogP contribution in [0.2, 0.25) is 0 Å². The van der Waals surface area contributed by atoms with Gasteiger partial charge in [0, 0.05) is 25.4 Å². The molecule has 0 aliphatic carbocycles. The van der Waals surface area contributed by atoms with E-state index in [1.165, 1.54) is 12.4 Å². The number of aliphatic carboxylic acids is 1. The smallest absolute Gasteiger partial charge is 0.303 e. The van der Waals surface area contributed by atoms with E-state index in [2.05, 4.69) is 15.3 Å². The minimum atomic E-state index is -0.787. The summed E-state index contributed by atoms with van der Waals surface area (Å²) in [5, 5.41) is 11.6. The quantitative estimate of drug-likeness (QED) is 0.642. The first-order valence-corrected chi connectivity index (χ1v) is 6.07. The zero-order valence-electron chi connectivity index (χ0n) is 10.8. The molecule has 7 nitrogen and oxygen atoms in total. The summed E-state index contributed by atoms with van der Waals surface area (Å²) in [5.74, 6) is -0.781. The van der Waals surface area contributed by atoms with Crippen molar-refractivity contribution in [2.24, 2.45) is 11.7 Å². The minimum absolute atomic E-state index is 0.112. The van der Waals surface area contributed by atoms with Crippen molar-refractivity contribution in [3.63, 3.8) is 0 Å². The molecule has 1 atom stereocenters. The maximum Gasteiger partial charge on any atom is 0.303 e. The van der Waals surface area contributed by atoms with Crippen molar-refractivity contribution in [1.29, 1.82) is 0 Å². The van der Waals surface area contributed by atoms with Crippen LogP contribution < -0.4 is 11.1 Å². The Kier molecular flexibility index (Phi) is 5.72. The van der Waals surface area contributed by atoms with Gasteiger partial charge in [-0.25, -0.2) is 9.97 Å². The summed E-state index contributed by atoms with van der Waals surface area (Å²) in [4.78, 5) is 29.4. The molecule has 0 radical (unpaired) electrons. The number of nitrogens with one attached hydrogen (secondary N) is 1. The highest BCUT2D eigenvalue weighted by atomic mass is 16.4. The monoisotopic (exact) mass is 266 g/mol. The van der Waals surface area contributed by atoms with Gasteiger partial charge in [-0.1, -0.05) is 6.92 Å². The number of nitrogens with two attached hydrogens (primary N) is 1. The van der Waals surface area contributed by atoms with E-state index in [4.69, 9.17) is 10.8 Å². The zero-order valence-corrected chi connectivity index (χ0v) is 10.8. The maximum atomic E-state index is 11.1. The van der Waals surface area contributed by atoms with Crippen molar-refractivity contribution in [3.8, 4) is 0 Å². The lowest BCUT2D eigenvalue weighted by Crippen LogP contribution is -2.18. The Hall–Kier alpha value is -2.18. The van der Waals surface area contributed by atoms with Gasteiger partial charge in [-0.05, 0) is 18.8 Å². The summed E-state index contributed by atoms with van der Waals surface area (Å²) in [7, 11) is 0. The van der Waals surface area contributed by atoms with E-state index < -0.39 is 11.9 Å². The fraction of sp³-hybridized carbons (Fsp3) is 0.500. The summed E-state index contributed by atoms with van der Waals surface area (Å²) < 4.78 is 0. The van der Waals surface area contributed by atoms with Crippen LogP contribution in [-0.4, -0.2) is 33.5 Å². The van der Waals surface area contributed by atoms with Crippen molar-refractivity contribution in [3.05, 3.63) is 18.1 Å². The Bertz CT molecular complexity index is 450. The number of carbonyl (C=O) groups is 2. The molecule has 1 heterocycles. The van der Waals surface area contributed by atoms with Crippen LogP contribution in [0.5, 0.6) is 0 Å². The molecule has 1 aromatic heterocycles. The maximum absolute atomic E-state index is 11.1. The van der Waals surface area contributed by atoms with Gasteiger partial charge in [0.15, 0.2) is 11.5 Å². The Morgan fingerprint density at radius 3 is 2.68 bits per heavy atom. The third-order valence-electron chi connectivity index (χ3n) is 2.71. The van der Waals surface area contributed by atoms with Crippen molar-refractivity contribution in [2.75, 3.05) is 11.9 Å². The van der Waals surface area contributed by atoms with Crippen LogP contribution in [0, 0.1) is 5.92 Å². The third kappa shape index (κ3) is 5.33. The van der Waals surface area contributed by atoms with E-state index in [1.807, 2.05) is 6.92 Å². The van der Waals surface area contributed by atoms with E-state index in [1.54, 1.807) is 0 Å². The second-order valence-corrected chi connectivity index (χ2v) is 4.37. The predicted octanol–water partition coefficient (Wildman–Crippen LogP) is 0.878. The largest absolute Gasteiger partial charge is 0.481 e. The second-order valence-electron chi connectivity index (χ2n) is 4.37. The van der Waals surface area contributed by atoms with Gasteiger partial charge in [-0.2, -0.15) is 0 Å². The molecule has 0 aliphatic rings. The summed E-state index contributed by atoms with van der Waals surface area (Å²) >= 11 is 0. The first-order valence-electron chi connectivity index (χ1n) is 6.07. The lowest BCUT2D eigenvalue weighted by atomic mass is 10.0. The number of carbonyl (C=O) groups excluding carboxylic acids is 1.